The minimum Gasteiger partial charge on any atom is -0.349 e. The van der Waals surface area contributed by atoms with Crippen LogP contribution in [-0.4, -0.2) is 31.7 Å². The van der Waals surface area contributed by atoms with Crippen molar-refractivity contribution in [3.8, 4) is 0 Å². The van der Waals surface area contributed by atoms with Gasteiger partial charge in [-0.15, -0.1) is 0 Å². The molecule has 1 aliphatic heterocycles. The molecular formula is C20H23FN2O3S. The van der Waals surface area contributed by atoms with E-state index in [9.17, 15) is 17.6 Å². The Kier molecular flexibility index (Phi) is 5.92. The van der Waals surface area contributed by atoms with Crippen LogP contribution in [0.2, 0.25) is 0 Å². The Morgan fingerprint density at radius 1 is 1.15 bits per heavy atom. The van der Waals surface area contributed by atoms with Crippen LogP contribution >= 0.6 is 0 Å². The quantitative estimate of drug-likeness (QED) is 0.853. The van der Waals surface area contributed by atoms with Crippen molar-refractivity contribution < 1.29 is 17.6 Å². The summed E-state index contributed by atoms with van der Waals surface area (Å²) in [5.74, 6) is -1.04. The normalized spacial score (nSPS) is 19.4. The van der Waals surface area contributed by atoms with E-state index < -0.39 is 21.8 Å². The van der Waals surface area contributed by atoms with Crippen LogP contribution in [0.5, 0.6) is 0 Å². The van der Waals surface area contributed by atoms with Gasteiger partial charge in [-0.2, -0.15) is 4.31 Å². The first-order valence-corrected chi connectivity index (χ1v) is 10.4. The number of rotatable bonds is 5. The molecular weight excluding hydrogens is 367 g/mol. The predicted molar refractivity (Wildman–Crippen MR) is 101 cm³/mol. The van der Waals surface area contributed by atoms with Gasteiger partial charge in [0.25, 0.3) is 0 Å². The Labute approximate surface area is 159 Å². The zero-order valence-electron chi connectivity index (χ0n) is 15.1. The van der Waals surface area contributed by atoms with Crippen LogP contribution in [0, 0.1) is 11.7 Å². The molecule has 27 heavy (non-hydrogen) atoms. The Morgan fingerprint density at radius 2 is 1.81 bits per heavy atom. The monoisotopic (exact) mass is 390 g/mol. The van der Waals surface area contributed by atoms with Crippen LogP contribution in [0.15, 0.2) is 59.5 Å². The molecule has 2 aromatic carbocycles. The first-order chi connectivity index (χ1) is 12.9. The first-order valence-electron chi connectivity index (χ1n) is 8.99. The maximum atomic E-state index is 13.1. The van der Waals surface area contributed by atoms with Crippen LogP contribution < -0.4 is 5.32 Å². The molecule has 5 nitrogen and oxygen atoms in total. The van der Waals surface area contributed by atoms with E-state index >= 15 is 0 Å². The van der Waals surface area contributed by atoms with Gasteiger partial charge in [0, 0.05) is 13.1 Å². The van der Waals surface area contributed by atoms with Crippen molar-refractivity contribution in [1.82, 2.24) is 9.62 Å². The van der Waals surface area contributed by atoms with Crippen molar-refractivity contribution in [1.29, 1.82) is 0 Å². The van der Waals surface area contributed by atoms with E-state index in [4.69, 9.17) is 0 Å². The summed E-state index contributed by atoms with van der Waals surface area (Å²) < 4.78 is 40.0. The summed E-state index contributed by atoms with van der Waals surface area (Å²) in [5.41, 5.74) is 0.998. The van der Waals surface area contributed by atoms with E-state index in [1.807, 2.05) is 37.3 Å². The van der Waals surface area contributed by atoms with Crippen molar-refractivity contribution >= 4 is 15.9 Å². The minimum absolute atomic E-state index is 0.0441. The lowest BCUT2D eigenvalue weighted by atomic mass is 9.98. The van der Waals surface area contributed by atoms with Gasteiger partial charge < -0.3 is 5.32 Å². The number of carbonyl (C=O) groups excluding carboxylic acids is 1. The van der Waals surface area contributed by atoms with Crippen molar-refractivity contribution in [2.45, 2.75) is 30.7 Å². The number of halogens is 1. The van der Waals surface area contributed by atoms with E-state index in [1.165, 1.54) is 16.4 Å². The van der Waals surface area contributed by atoms with Crippen molar-refractivity contribution in [3.63, 3.8) is 0 Å². The summed E-state index contributed by atoms with van der Waals surface area (Å²) in [6, 6.07) is 14.2. The van der Waals surface area contributed by atoms with Gasteiger partial charge in [0.2, 0.25) is 15.9 Å². The summed E-state index contributed by atoms with van der Waals surface area (Å²) in [4.78, 5) is 12.7. The standard InChI is InChI=1S/C20H23FN2O3S/c1-15(16-6-3-2-4-7-16)22-20(24)17-8-5-13-23(14-17)27(25,26)19-11-9-18(21)10-12-19/h2-4,6-7,9-12,15,17H,5,8,13-14H2,1H3,(H,22,24)/t15-,17+/m1/s1. The fraction of sp³-hybridized carbons (Fsp3) is 0.350. The van der Waals surface area contributed by atoms with Crippen molar-refractivity contribution in [2.75, 3.05) is 13.1 Å². The zero-order valence-corrected chi connectivity index (χ0v) is 16.0. The van der Waals surface area contributed by atoms with E-state index in [1.54, 1.807) is 0 Å². The van der Waals surface area contributed by atoms with Crippen LogP contribution in [0.3, 0.4) is 0 Å². The third kappa shape index (κ3) is 4.54. The number of nitrogens with zero attached hydrogens (tertiary/aromatic N) is 1. The van der Waals surface area contributed by atoms with E-state index in [-0.39, 0.29) is 23.4 Å². The molecule has 1 heterocycles. The van der Waals surface area contributed by atoms with Crippen LogP contribution in [-0.2, 0) is 14.8 Å². The first kappa shape index (κ1) is 19.5. The van der Waals surface area contributed by atoms with Gasteiger partial charge >= 0.3 is 0 Å². The largest absolute Gasteiger partial charge is 0.349 e. The number of piperidine rings is 1. The Morgan fingerprint density at radius 3 is 2.48 bits per heavy atom. The molecule has 2 atom stereocenters. The molecule has 1 saturated heterocycles. The van der Waals surface area contributed by atoms with E-state index in [0.717, 1.165) is 17.7 Å². The summed E-state index contributed by atoms with van der Waals surface area (Å²) >= 11 is 0. The number of hydrogen-bond acceptors (Lipinski definition) is 3. The topological polar surface area (TPSA) is 66.5 Å². The summed E-state index contributed by atoms with van der Waals surface area (Å²) in [7, 11) is -3.74. The molecule has 2 aromatic rings. The van der Waals surface area contributed by atoms with Gasteiger partial charge in [-0.1, -0.05) is 30.3 Å². The van der Waals surface area contributed by atoms with Gasteiger partial charge in [0.05, 0.1) is 16.9 Å². The van der Waals surface area contributed by atoms with Gasteiger partial charge in [-0.25, -0.2) is 12.8 Å². The minimum atomic E-state index is -3.74. The molecule has 0 aliphatic carbocycles. The summed E-state index contributed by atoms with van der Waals surface area (Å²) in [6.07, 6.45) is 1.25. The molecule has 144 valence electrons. The highest BCUT2D eigenvalue weighted by atomic mass is 32.2. The predicted octanol–water partition coefficient (Wildman–Crippen LogP) is 3.10. The highest BCUT2D eigenvalue weighted by molar-refractivity contribution is 7.89. The molecule has 3 rings (SSSR count). The molecule has 7 heteroatoms. The molecule has 0 aromatic heterocycles. The molecule has 0 radical (unpaired) electrons. The maximum Gasteiger partial charge on any atom is 0.243 e. The Bertz CT molecular complexity index is 885. The number of carbonyl (C=O) groups is 1. The average Bonchev–Trinajstić information content (AvgIpc) is 2.69. The lowest BCUT2D eigenvalue weighted by Crippen LogP contribution is -2.45. The summed E-state index contributed by atoms with van der Waals surface area (Å²) in [5, 5.41) is 2.98. The molecule has 1 N–H and O–H groups in total. The van der Waals surface area contributed by atoms with Crippen molar-refractivity contribution in [3.05, 3.63) is 66.0 Å². The van der Waals surface area contributed by atoms with E-state index in [0.29, 0.717) is 19.4 Å². The molecule has 0 saturated carbocycles. The fourth-order valence-corrected chi connectivity index (χ4v) is 4.81. The number of sulfonamides is 1. The average molecular weight is 390 g/mol. The lowest BCUT2D eigenvalue weighted by Gasteiger charge is -2.32. The number of nitrogens with one attached hydrogen (secondary N) is 1. The highest BCUT2D eigenvalue weighted by Crippen LogP contribution is 2.25. The maximum absolute atomic E-state index is 13.1. The number of amides is 1. The molecule has 1 fully saturated rings. The summed E-state index contributed by atoms with van der Waals surface area (Å²) in [6.45, 7) is 2.40. The Hall–Kier alpha value is -2.25. The highest BCUT2D eigenvalue weighted by Gasteiger charge is 2.33. The van der Waals surface area contributed by atoms with Gasteiger partial charge in [-0.05, 0) is 49.6 Å². The molecule has 0 bridgehead atoms. The third-order valence-corrected chi connectivity index (χ3v) is 6.74. The smallest absolute Gasteiger partial charge is 0.243 e. The van der Waals surface area contributed by atoms with Crippen LogP contribution in [0.4, 0.5) is 4.39 Å². The van der Waals surface area contributed by atoms with Gasteiger partial charge in [-0.3, -0.25) is 4.79 Å². The SMILES string of the molecule is C[C@@H](NC(=O)[C@H]1CCCN(S(=O)(=O)c2ccc(F)cc2)C1)c1ccccc1. The molecule has 1 aliphatic rings. The second-order valence-corrected chi connectivity index (χ2v) is 8.74. The molecule has 0 spiro atoms. The fourth-order valence-electron chi connectivity index (χ4n) is 3.29. The van der Waals surface area contributed by atoms with Gasteiger partial charge in [0.1, 0.15) is 5.82 Å². The lowest BCUT2D eigenvalue weighted by molar-refractivity contribution is -0.126. The number of benzene rings is 2. The number of hydrogen-bond donors (Lipinski definition) is 1. The van der Waals surface area contributed by atoms with Crippen LogP contribution in [0.25, 0.3) is 0 Å². The van der Waals surface area contributed by atoms with Crippen molar-refractivity contribution in [2.24, 2.45) is 5.92 Å². The van der Waals surface area contributed by atoms with Gasteiger partial charge in [0.15, 0.2) is 0 Å². The third-order valence-electron chi connectivity index (χ3n) is 4.86. The molecule has 0 unspecified atom stereocenters. The zero-order chi connectivity index (χ0) is 19.4. The van der Waals surface area contributed by atoms with E-state index in [2.05, 4.69) is 5.32 Å². The second-order valence-electron chi connectivity index (χ2n) is 6.80. The van der Waals surface area contributed by atoms with Crippen LogP contribution in [0.1, 0.15) is 31.4 Å². The second kappa shape index (κ2) is 8.19. The Balaban J connectivity index is 1.68. The molecule has 1 amide bonds.